The largest absolute Gasteiger partial charge is 0.342 e. The second-order valence-corrected chi connectivity index (χ2v) is 8.19. The van der Waals surface area contributed by atoms with Gasteiger partial charge in [0.25, 0.3) is 5.91 Å². The van der Waals surface area contributed by atoms with E-state index in [1.165, 1.54) is 22.7 Å². The molecule has 3 heterocycles. The molecule has 0 unspecified atom stereocenters. The van der Waals surface area contributed by atoms with Gasteiger partial charge in [-0.05, 0) is 43.3 Å². The minimum absolute atomic E-state index is 0. The summed E-state index contributed by atoms with van der Waals surface area (Å²) in [6, 6.07) is 3.62. The van der Waals surface area contributed by atoms with Crippen LogP contribution in [0, 0.1) is 5.92 Å². The molecule has 156 valence electrons. The monoisotopic (exact) mass is 464 g/mol. The lowest BCUT2D eigenvalue weighted by Gasteiger charge is -2.32. The fourth-order valence-electron chi connectivity index (χ4n) is 3.01. The number of thiazole rings is 1. The number of thiophene rings is 1. The third kappa shape index (κ3) is 7.00. The Morgan fingerprint density at radius 2 is 2.00 bits per heavy atom. The first-order valence-corrected chi connectivity index (χ1v) is 10.7. The molecule has 2 N–H and O–H groups in total. The van der Waals surface area contributed by atoms with E-state index in [0.717, 1.165) is 44.7 Å². The molecule has 1 aliphatic rings. The van der Waals surface area contributed by atoms with Crippen LogP contribution in [0.5, 0.6) is 0 Å². The van der Waals surface area contributed by atoms with Gasteiger partial charge in [-0.25, -0.2) is 4.98 Å². The molecular weight excluding hydrogens is 439 g/mol. The van der Waals surface area contributed by atoms with Gasteiger partial charge in [0.2, 0.25) is 5.91 Å². The third-order valence-electron chi connectivity index (χ3n) is 4.50. The van der Waals surface area contributed by atoms with Crippen molar-refractivity contribution in [1.82, 2.24) is 15.2 Å². The lowest BCUT2D eigenvalue weighted by Crippen LogP contribution is -2.41. The lowest BCUT2D eigenvalue weighted by atomic mass is 9.96. The molecule has 0 aliphatic carbocycles. The van der Waals surface area contributed by atoms with Crippen molar-refractivity contribution < 1.29 is 9.59 Å². The maximum atomic E-state index is 12.5. The number of hydrogen-bond donors (Lipinski definition) is 2. The number of aromatic nitrogens is 1. The number of nitrogens with zero attached hydrogens (tertiary/aromatic N) is 2. The Hall–Kier alpha value is -1.19. The summed E-state index contributed by atoms with van der Waals surface area (Å²) in [5, 5.41) is 10.4. The van der Waals surface area contributed by atoms with Crippen molar-refractivity contribution in [3.63, 3.8) is 0 Å². The molecule has 3 rings (SSSR count). The number of likely N-dealkylation sites (tertiary alicyclic amines) is 1. The second kappa shape index (κ2) is 12.4. The van der Waals surface area contributed by atoms with Gasteiger partial charge in [-0.3, -0.25) is 14.9 Å². The smallest absolute Gasteiger partial charge is 0.267 e. The van der Waals surface area contributed by atoms with Gasteiger partial charge < -0.3 is 10.2 Å². The summed E-state index contributed by atoms with van der Waals surface area (Å²) in [5.41, 5.74) is 0.719. The van der Waals surface area contributed by atoms with E-state index in [9.17, 15) is 9.59 Å². The van der Waals surface area contributed by atoms with Crippen LogP contribution in [0.15, 0.2) is 22.9 Å². The van der Waals surface area contributed by atoms with Crippen molar-refractivity contribution in [2.45, 2.75) is 26.2 Å². The molecule has 0 spiro atoms. The van der Waals surface area contributed by atoms with Gasteiger partial charge in [0.15, 0.2) is 5.13 Å². The number of anilines is 1. The van der Waals surface area contributed by atoms with E-state index in [0.29, 0.717) is 22.3 Å². The topological polar surface area (TPSA) is 74.3 Å². The minimum atomic E-state index is -0.157. The Balaban J connectivity index is 0.00000196. The molecule has 0 radical (unpaired) electrons. The van der Waals surface area contributed by atoms with Gasteiger partial charge in [-0.1, -0.05) is 13.0 Å². The number of piperidine rings is 1. The minimum Gasteiger partial charge on any atom is -0.342 e. The number of amides is 2. The van der Waals surface area contributed by atoms with Gasteiger partial charge in [0, 0.05) is 18.5 Å². The Labute approximate surface area is 185 Å². The molecule has 0 atom stereocenters. The summed E-state index contributed by atoms with van der Waals surface area (Å²) < 4.78 is 0. The quantitative estimate of drug-likeness (QED) is 0.654. The van der Waals surface area contributed by atoms with Gasteiger partial charge in [0.1, 0.15) is 0 Å². The van der Waals surface area contributed by atoms with E-state index in [1.807, 2.05) is 21.7 Å². The average Bonchev–Trinajstić information content (AvgIpc) is 3.32. The van der Waals surface area contributed by atoms with Gasteiger partial charge in [-0.2, -0.15) is 0 Å². The summed E-state index contributed by atoms with van der Waals surface area (Å²) >= 11 is 2.75. The van der Waals surface area contributed by atoms with Crippen LogP contribution in [-0.2, 0) is 11.2 Å². The average molecular weight is 465 g/mol. The van der Waals surface area contributed by atoms with E-state index >= 15 is 0 Å². The summed E-state index contributed by atoms with van der Waals surface area (Å²) in [5.74, 6) is 0.626. The number of nitrogens with one attached hydrogen (secondary N) is 2. The zero-order valence-electron chi connectivity index (χ0n) is 15.7. The maximum Gasteiger partial charge on any atom is 0.267 e. The van der Waals surface area contributed by atoms with Crippen molar-refractivity contribution in [3.05, 3.63) is 33.5 Å². The highest BCUT2D eigenvalue weighted by molar-refractivity contribution is 7.14. The molecule has 1 aliphatic heterocycles. The predicted octanol–water partition coefficient (Wildman–Crippen LogP) is 3.69. The van der Waals surface area contributed by atoms with E-state index < -0.39 is 0 Å². The molecule has 0 aromatic carbocycles. The molecule has 28 heavy (non-hydrogen) atoms. The van der Waals surface area contributed by atoms with Crippen LogP contribution in [-0.4, -0.2) is 47.9 Å². The summed E-state index contributed by atoms with van der Waals surface area (Å²) in [6.07, 6.45) is 2.40. The molecule has 10 heteroatoms. The molecular formula is C18H26Cl2N4O2S2. The van der Waals surface area contributed by atoms with Crippen LogP contribution in [0.25, 0.3) is 0 Å². The fourth-order valence-corrected chi connectivity index (χ4v) is 4.34. The highest BCUT2D eigenvalue weighted by Crippen LogP contribution is 2.20. The van der Waals surface area contributed by atoms with E-state index in [1.54, 1.807) is 6.07 Å². The zero-order chi connectivity index (χ0) is 18.4. The molecule has 0 bridgehead atoms. The van der Waals surface area contributed by atoms with Crippen LogP contribution >= 0.6 is 47.5 Å². The van der Waals surface area contributed by atoms with E-state index in [-0.39, 0.29) is 36.6 Å². The van der Waals surface area contributed by atoms with Crippen molar-refractivity contribution in [3.8, 4) is 0 Å². The summed E-state index contributed by atoms with van der Waals surface area (Å²) in [4.78, 5) is 31.5. The zero-order valence-corrected chi connectivity index (χ0v) is 18.9. The van der Waals surface area contributed by atoms with Gasteiger partial charge in [-0.15, -0.1) is 47.5 Å². The van der Waals surface area contributed by atoms with E-state index in [2.05, 4.69) is 22.5 Å². The number of carbonyl (C=O) groups is 2. The standard InChI is InChI=1S/C18H24N4O2S2.2ClH/c1-2-19-11-13-5-7-22(8-6-13)16(23)10-14-12-26-18(20-14)21-17(24)15-4-3-9-25-15;;/h3-4,9,12-13,19H,2,5-8,10-11H2,1H3,(H,20,21,24);2*1H. The van der Waals surface area contributed by atoms with Crippen LogP contribution in [0.1, 0.15) is 35.1 Å². The number of rotatable bonds is 7. The van der Waals surface area contributed by atoms with E-state index in [4.69, 9.17) is 0 Å². The normalized spacial score (nSPS) is 14.1. The number of carbonyl (C=O) groups excluding carboxylic acids is 2. The first-order chi connectivity index (χ1) is 12.7. The summed E-state index contributed by atoms with van der Waals surface area (Å²) in [6.45, 7) is 5.79. The van der Waals surface area contributed by atoms with Gasteiger partial charge >= 0.3 is 0 Å². The Morgan fingerprint density at radius 3 is 2.64 bits per heavy atom. The second-order valence-electron chi connectivity index (χ2n) is 6.38. The first-order valence-electron chi connectivity index (χ1n) is 8.93. The van der Waals surface area contributed by atoms with Crippen molar-refractivity contribution >= 4 is 64.4 Å². The Morgan fingerprint density at radius 1 is 1.25 bits per heavy atom. The van der Waals surface area contributed by atoms with Gasteiger partial charge in [0.05, 0.1) is 17.0 Å². The first kappa shape index (κ1) is 24.8. The van der Waals surface area contributed by atoms with Crippen LogP contribution in [0.2, 0.25) is 0 Å². The van der Waals surface area contributed by atoms with Crippen LogP contribution in [0.4, 0.5) is 5.13 Å². The predicted molar refractivity (Wildman–Crippen MR) is 120 cm³/mol. The third-order valence-corrected chi connectivity index (χ3v) is 6.17. The molecule has 1 fully saturated rings. The summed E-state index contributed by atoms with van der Waals surface area (Å²) in [7, 11) is 0. The Kier molecular flexibility index (Phi) is 11.0. The molecule has 0 saturated carbocycles. The fraction of sp³-hybridized carbons (Fsp3) is 0.500. The molecule has 2 aromatic rings. The van der Waals surface area contributed by atoms with Crippen molar-refractivity contribution in [1.29, 1.82) is 0 Å². The SMILES string of the molecule is CCNCC1CCN(C(=O)Cc2csc(NC(=O)c3cccs3)n2)CC1.Cl.Cl. The number of hydrogen-bond acceptors (Lipinski definition) is 6. The lowest BCUT2D eigenvalue weighted by molar-refractivity contribution is -0.131. The molecule has 2 aromatic heterocycles. The van der Waals surface area contributed by atoms with Crippen molar-refractivity contribution in [2.24, 2.45) is 5.92 Å². The number of halogens is 2. The highest BCUT2D eigenvalue weighted by Gasteiger charge is 2.23. The molecule has 6 nitrogen and oxygen atoms in total. The van der Waals surface area contributed by atoms with Crippen LogP contribution < -0.4 is 10.6 Å². The van der Waals surface area contributed by atoms with Crippen molar-refractivity contribution in [2.75, 3.05) is 31.5 Å². The maximum absolute atomic E-state index is 12.5. The highest BCUT2D eigenvalue weighted by atomic mass is 35.5. The molecule has 1 saturated heterocycles. The Bertz CT molecular complexity index is 732. The molecule has 2 amide bonds. The van der Waals surface area contributed by atoms with Crippen LogP contribution in [0.3, 0.4) is 0 Å².